The Morgan fingerprint density at radius 3 is 2.88 bits per heavy atom. The van der Waals surface area contributed by atoms with Crippen LogP contribution in [0.2, 0.25) is 5.15 Å². The van der Waals surface area contributed by atoms with Gasteiger partial charge in [-0.2, -0.15) is 0 Å². The molecule has 0 unspecified atom stereocenters. The predicted octanol–water partition coefficient (Wildman–Crippen LogP) is 1.54. The summed E-state index contributed by atoms with van der Waals surface area (Å²) in [6, 6.07) is 1.65. The molecule has 0 saturated heterocycles. The smallest absolute Gasteiger partial charge is 0.190 e. The van der Waals surface area contributed by atoms with Crippen LogP contribution >= 0.6 is 11.6 Å². The molecule has 0 amide bonds. The minimum absolute atomic E-state index is 0.396. The number of rotatable bonds is 1. The van der Waals surface area contributed by atoms with Crippen molar-refractivity contribution in [3.63, 3.8) is 0 Å². The molecule has 0 saturated carbocycles. The standard InChI is InChI=1S/C10H7ClN6/c1-6-14-8(11)4-9-15-16-10(17(6)9)7-5-12-2-3-13-7/h2-5H,1H3. The first-order valence-corrected chi connectivity index (χ1v) is 5.28. The van der Waals surface area contributed by atoms with Crippen molar-refractivity contribution in [1.82, 2.24) is 29.5 Å². The molecule has 7 heteroatoms. The highest BCUT2D eigenvalue weighted by Gasteiger charge is 2.12. The van der Waals surface area contributed by atoms with Gasteiger partial charge in [0.25, 0.3) is 0 Å². The summed E-state index contributed by atoms with van der Waals surface area (Å²) in [5.74, 6) is 1.31. The largest absolute Gasteiger partial charge is 0.261 e. The zero-order valence-electron chi connectivity index (χ0n) is 8.87. The van der Waals surface area contributed by atoms with Crippen LogP contribution in [0.4, 0.5) is 0 Å². The predicted molar refractivity (Wildman–Crippen MR) is 61.6 cm³/mol. The van der Waals surface area contributed by atoms with Crippen molar-refractivity contribution >= 4 is 17.2 Å². The maximum Gasteiger partial charge on any atom is 0.190 e. The lowest BCUT2D eigenvalue weighted by Crippen LogP contribution is -1.99. The fourth-order valence-electron chi connectivity index (χ4n) is 1.63. The average molecular weight is 247 g/mol. The van der Waals surface area contributed by atoms with Crippen LogP contribution in [0.1, 0.15) is 5.82 Å². The van der Waals surface area contributed by atoms with Gasteiger partial charge in [0.1, 0.15) is 16.7 Å². The number of fused-ring (bicyclic) bond motifs is 1. The van der Waals surface area contributed by atoms with Crippen LogP contribution in [0.25, 0.3) is 17.2 Å². The van der Waals surface area contributed by atoms with Crippen LogP contribution in [0, 0.1) is 6.92 Å². The topological polar surface area (TPSA) is 68.9 Å². The Bertz CT molecular complexity index is 678. The van der Waals surface area contributed by atoms with Crippen molar-refractivity contribution in [1.29, 1.82) is 0 Å². The van der Waals surface area contributed by atoms with Crippen LogP contribution in [-0.4, -0.2) is 29.5 Å². The van der Waals surface area contributed by atoms with Gasteiger partial charge in [-0.15, -0.1) is 10.2 Å². The van der Waals surface area contributed by atoms with E-state index in [0.29, 0.717) is 28.1 Å². The monoisotopic (exact) mass is 246 g/mol. The van der Waals surface area contributed by atoms with Crippen LogP contribution in [0.5, 0.6) is 0 Å². The Hall–Kier alpha value is -2.08. The summed E-state index contributed by atoms with van der Waals surface area (Å²) in [6.45, 7) is 1.84. The van der Waals surface area contributed by atoms with Gasteiger partial charge in [0.2, 0.25) is 0 Å². The second-order valence-electron chi connectivity index (χ2n) is 3.43. The van der Waals surface area contributed by atoms with Crippen LogP contribution < -0.4 is 0 Å². The highest BCUT2D eigenvalue weighted by molar-refractivity contribution is 6.29. The summed E-state index contributed by atoms with van der Waals surface area (Å²) in [4.78, 5) is 12.4. The van der Waals surface area contributed by atoms with E-state index in [0.717, 1.165) is 0 Å². The van der Waals surface area contributed by atoms with Gasteiger partial charge in [-0.05, 0) is 6.92 Å². The molecule has 0 aliphatic carbocycles. The van der Waals surface area contributed by atoms with Gasteiger partial charge in [-0.1, -0.05) is 11.6 Å². The first-order chi connectivity index (χ1) is 8.25. The van der Waals surface area contributed by atoms with Crippen LogP contribution in [0.15, 0.2) is 24.7 Å². The molecule has 3 rings (SSSR count). The molecule has 0 aromatic carbocycles. The summed E-state index contributed by atoms with van der Waals surface area (Å²) >= 11 is 5.86. The molecule has 0 spiro atoms. The molecule has 0 bridgehead atoms. The van der Waals surface area contributed by atoms with Crippen molar-refractivity contribution in [3.05, 3.63) is 35.6 Å². The maximum absolute atomic E-state index is 5.86. The quantitative estimate of drug-likeness (QED) is 0.609. The number of halogens is 1. The van der Waals surface area contributed by atoms with Gasteiger partial charge >= 0.3 is 0 Å². The third kappa shape index (κ3) is 1.62. The third-order valence-electron chi connectivity index (χ3n) is 2.32. The fourth-order valence-corrected chi connectivity index (χ4v) is 1.85. The van der Waals surface area contributed by atoms with Gasteiger partial charge in [0.05, 0.1) is 6.20 Å². The summed E-state index contributed by atoms with van der Waals surface area (Å²) in [5, 5.41) is 8.51. The lowest BCUT2D eigenvalue weighted by molar-refractivity contribution is 0.978. The SMILES string of the molecule is Cc1nc(Cl)cc2nnc(-c3cnccn3)n12. The van der Waals surface area contributed by atoms with Crippen molar-refractivity contribution in [2.45, 2.75) is 6.92 Å². The molecule has 0 radical (unpaired) electrons. The molecular formula is C10H7ClN6. The molecule has 0 aliphatic heterocycles. The van der Waals surface area contributed by atoms with Gasteiger partial charge in [0, 0.05) is 18.5 Å². The number of hydrogen-bond acceptors (Lipinski definition) is 5. The Morgan fingerprint density at radius 1 is 1.24 bits per heavy atom. The number of aromatic nitrogens is 6. The lowest BCUT2D eigenvalue weighted by Gasteiger charge is -2.02. The Morgan fingerprint density at radius 2 is 2.12 bits per heavy atom. The average Bonchev–Trinajstić information content (AvgIpc) is 2.74. The Balaban J connectivity index is 2.32. The number of hydrogen-bond donors (Lipinski definition) is 0. The van der Waals surface area contributed by atoms with E-state index in [1.807, 2.05) is 6.92 Å². The normalized spacial score (nSPS) is 10.9. The van der Waals surface area contributed by atoms with E-state index in [9.17, 15) is 0 Å². The first-order valence-electron chi connectivity index (χ1n) is 4.90. The molecular weight excluding hydrogens is 240 g/mol. The van der Waals surface area contributed by atoms with E-state index in [2.05, 4.69) is 25.1 Å². The van der Waals surface area contributed by atoms with Crippen LogP contribution in [0.3, 0.4) is 0 Å². The minimum atomic E-state index is 0.396. The molecule has 84 valence electrons. The summed E-state index contributed by atoms with van der Waals surface area (Å²) in [6.07, 6.45) is 4.84. The van der Waals surface area contributed by atoms with E-state index in [1.165, 1.54) is 0 Å². The number of aryl methyl sites for hydroxylation is 1. The van der Waals surface area contributed by atoms with Crippen molar-refractivity contribution in [2.24, 2.45) is 0 Å². The first kappa shape index (κ1) is 10.1. The molecule has 0 aliphatic rings. The molecule has 6 nitrogen and oxygen atoms in total. The zero-order chi connectivity index (χ0) is 11.8. The Labute approximate surface area is 101 Å². The summed E-state index contributed by atoms with van der Waals surface area (Å²) < 4.78 is 1.79. The molecule has 0 N–H and O–H groups in total. The number of nitrogens with zero attached hydrogens (tertiary/aromatic N) is 6. The van der Waals surface area contributed by atoms with E-state index in [1.54, 1.807) is 29.1 Å². The van der Waals surface area contributed by atoms with E-state index in [4.69, 9.17) is 11.6 Å². The van der Waals surface area contributed by atoms with Crippen LogP contribution in [-0.2, 0) is 0 Å². The van der Waals surface area contributed by atoms with E-state index >= 15 is 0 Å². The molecule has 3 heterocycles. The van der Waals surface area contributed by atoms with E-state index in [-0.39, 0.29) is 0 Å². The Kier molecular flexibility index (Phi) is 2.22. The highest BCUT2D eigenvalue weighted by Crippen LogP contribution is 2.18. The van der Waals surface area contributed by atoms with Gasteiger partial charge in [-0.3, -0.25) is 9.38 Å². The van der Waals surface area contributed by atoms with Crippen molar-refractivity contribution in [2.75, 3.05) is 0 Å². The van der Waals surface area contributed by atoms with E-state index < -0.39 is 0 Å². The minimum Gasteiger partial charge on any atom is -0.261 e. The summed E-state index contributed by atoms with van der Waals surface area (Å²) in [5.41, 5.74) is 1.29. The maximum atomic E-state index is 5.86. The van der Waals surface area contributed by atoms with Gasteiger partial charge in [0.15, 0.2) is 11.5 Å². The molecule has 3 aromatic heterocycles. The molecule has 0 atom stereocenters. The fraction of sp³-hybridized carbons (Fsp3) is 0.100. The second-order valence-corrected chi connectivity index (χ2v) is 3.82. The zero-order valence-corrected chi connectivity index (χ0v) is 9.63. The van der Waals surface area contributed by atoms with Crippen molar-refractivity contribution < 1.29 is 0 Å². The second kappa shape index (κ2) is 3.74. The highest BCUT2D eigenvalue weighted by atomic mass is 35.5. The van der Waals surface area contributed by atoms with Gasteiger partial charge in [-0.25, -0.2) is 9.97 Å². The lowest BCUT2D eigenvalue weighted by atomic mass is 10.4. The third-order valence-corrected chi connectivity index (χ3v) is 2.51. The molecule has 3 aromatic rings. The van der Waals surface area contributed by atoms with Crippen molar-refractivity contribution in [3.8, 4) is 11.5 Å². The van der Waals surface area contributed by atoms with Gasteiger partial charge < -0.3 is 0 Å². The molecule has 0 fully saturated rings. The molecule has 17 heavy (non-hydrogen) atoms. The summed E-state index contributed by atoms with van der Waals surface area (Å²) in [7, 11) is 0.